The summed E-state index contributed by atoms with van der Waals surface area (Å²) in [7, 11) is 0. The Morgan fingerprint density at radius 3 is 2.62 bits per heavy atom. The molecule has 3 nitrogen and oxygen atoms in total. The number of nitrogen functional groups attached to an aromatic ring is 1. The molecule has 0 aliphatic heterocycles. The highest BCUT2D eigenvalue weighted by molar-refractivity contribution is 9.10. The van der Waals surface area contributed by atoms with Crippen LogP contribution < -0.4 is 11.1 Å². The van der Waals surface area contributed by atoms with Gasteiger partial charge >= 0.3 is 0 Å². The number of benzene rings is 2. The van der Waals surface area contributed by atoms with Gasteiger partial charge in [-0.15, -0.1) is 0 Å². The molecule has 0 bridgehead atoms. The highest BCUT2D eigenvalue weighted by Crippen LogP contribution is 2.21. The zero-order valence-corrected chi connectivity index (χ0v) is 12.7. The summed E-state index contributed by atoms with van der Waals surface area (Å²) in [5.41, 5.74) is 6.57. The van der Waals surface area contributed by atoms with Gasteiger partial charge in [-0.2, -0.15) is 0 Å². The zero-order valence-electron chi connectivity index (χ0n) is 11.2. The van der Waals surface area contributed by atoms with Gasteiger partial charge in [-0.1, -0.05) is 22.0 Å². The van der Waals surface area contributed by atoms with E-state index in [0.717, 1.165) is 12.1 Å². The number of nitrogens with two attached hydrogens (primary N) is 1. The normalized spacial score (nSPS) is 12.0. The summed E-state index contributed by atoms with van der Waals surface area (Å²) in [6, 6.07) is 7.52. The van der Waals surface area contributed by atoms with Crippen LogP contribution in [0.2, 0.25) is 0 Å². The summed E-state index contributed by atoms with van der Waals surface area (Å²) in [6.45, 7) is 1.61. The minimum atomic E-state index is -0.704. The number of carbonyl (C=O) groups excluding carboxylic acids is 1. The summed E-state index contributed by atoms with van der Waals surface area (Å²) in [5, 5.41) is 2.64. The largest absolute Gasteiger partial charge is 0.398 e. The molecule has 0 heterocycles. The average molecular weight is 355 g/mol. The second-order valence-electron chi connectivity index (χ2n) is 4.59. The molecule has 21 heavy (non-hydrogen) atoms. The molecule has 0 aromatic heterocycles. The van der Waals surface area contributed by atoms with Gasteiger partial charge in [0.25, 0.3) is 5.91 Å². The average Bonchev–Trinajstić information content (AvgIpc) is 2.41. The zero-order chi connectivity index (χ0) is 15.6. The molecule has 2 aromatic rings. The van der Waals surface area contributed by atoms with Crippen LogP contribution >= 0.6 is 15.9 Å². The number of anilines is 1. The van der Waals surface area contributed by atoms with Crippen LogP contribution in [0.4, 0.5) is 14.5 Å². The Morgan fingerprint density at radius 2 is 1.95 bits per heavy atom. The van der Waals surface area contributed by atoms with Gasteiger partial charge in [0, 0.05) is 21.8 Å². The maximum absolute atomic E-state index is 13.7. The first-order valence-corrected chi connectivity index (χ1v) is 6.98. The minimum absolute atomic E-state index is 0.207. The van der Waals surface area contributed by atoms with Gasteiger partial charge in [-0.3, -0.25) is 4.79 Å². The SMILES string of the molecule is CC(NC(=O)c1cc(Br)ccc1N)c1ccc(F)cc1F. The van der Waals surface area contributed by atoms with Crippen molar-refractivity contribution in [3.8, 4) is 0 Å². The molecule has 1 atom stereocenters. The summed E-state index contributed by atoms with van der Waals surface area (Å²) in [4.78, 5) is 12.2. The Bertz CT molecular complexity index is 691. The Hall–Kier alpha value is -1.95. The first-order valence-electron chi connectivity index (χ1n) is 6.19. The van der Waals surface area contributed by atoms with Crippen LogP contribution in [0.15, 0.2) is 40.9 Å². The third-order valence-electron chi connectivity index (χ3n) is 3.04. The van der Waals surface area contributed by atoms with Gasteiger partial charge < -0.3 is 11.1 Å². The maximum atomic E-state index is 13.7. The van der Waals surface area contributed by atoms with Gasteiger partial charge in [0.15, 0.2) is 0 Å². The summed E-state index contributed by atoms with van der Waals surface area (Å²) >= 11 is 3.26. The van der Waals surface area contributed by atoms with E-state index in [0.29, 0.717) is 15.7 Å². The molecule has 0 aliphatic rings. The van der Waals surface area contributed by atoms with Crippen molar-refractivity contribution < 1.29 is 13.6 Å². The first-order chi connectivity index (χ1) is 9.88. The van der Waals surface area contributed by atoms with Crippen molar-refractivity contribution in [2.45, 2.75) is 13.0 Å². The monoisotopic (exact) mass is 354 g/mol. The molecule has 0 saturated heterocycles. The number of hydrogen-bond donors (Lipinski definition) is 2. The highest BCUT2D eigenvalue weighted by atomic mass is 79.9. The van der Waals surface area contributed by atoms with Gasteiger partial charge in [-0.05, 0) is 31.2 Å². The van der Waals surface area contributed by atoms with Crippen LogP contribution in [-0.2, 0) is 0 Å². The fraction of sp³-hybridized carbons (Fsp3) is 0.133. The fourth-order valence-electron chi connectivity index (χ4n) is 1.93. The van der Waals surface area contributed by atoms with Gasteiger partial charge in [-0.25, -0.2) is 8.78 Å². The topological polar surface area (TPSA) is 55.1 Å². The molecule has 0 spiro atoms. The van der Waals surface area contributed by atoms with E-state index in [1.807, 2.05) is 0 Å². The Kier molecular flexibility index (Phi) is 4.57. The molecular formula is C15H13BrF2N2O. The summed E-state index contributed by atoms with van der Waals surface area (Å²) in [6.07, 6.45) is 0. The molecule has 1 amide bonds. The van der Waals surface area contributed by atoms with E-state index in [4.69, 9.17) is 5.73 Å². The van der Waals surface area contributed by atoms with Crippen molar-refractivity contribution in [2.75, 3.05) is 5.73 Å². The lowest BCUT2D eigenvalue weighted by Crippen LogP contribution is -2.28. The molecule has 0 radical (unpaired) electrons. The Balaban J connectivity index is 2.20. The van der Waals surface area contributed by atoms with Crippen molar-refractivity contribution >= 4 is 27.5 Å². The molecule has 1 unspecified atom stereocenters. The maximum Gasteiger partial charge on any atom is 0.253 e. The number of amides is 1. The summed E-state index contributed by atoms with van der Waals surface area (Å²) < 4.78 is 27.3. The highest BCUT2D eigenvalue weighted by Gasteiger charge is 2.17. The van der Waals surface area contributed by atoms with Crippen molar-refractivity contribution in [1.29, 1.82) is 0 Å². The van der Waals surface area contributed by atoms with Crippen LogP contribution in [0, 0.1) is 11.6 Å². The van der Waals surface area contributed by atoms with E-state index in [2.05, 4.69) is 21.2 Å². The van der Waals surface area contributed by atoms with Crippen LogP contribution in [0.25, 0.3) is 0 Å². The molecule has 0 fully saturated rings. The molecule has 3 N–H and O–H groups in total. The third-order valence-corrected chi connectivity index (χ3v) is 3.53. The Labute approximate surface area is 129 Å². The van der Waals surface area contributed by atoms with Crippen LogP contribution in [0.3, 0.4) is 0 Å². The fourth-order valence-corrected chi connectivity index (χ4v) is 2.29. The smallest absolute Gasteiger partial charge is 0.253 e. The third kappa shape index (κ3) is 3.58. The van der Waals surface area contributed by atoms with Crippen molar-refractivity contribution in [1.82, 2.24) is 5.32 Å². The molecule has 2 aromatic carbocycles. The quantitative estimate of drug-likeness (QED) is 0.823. The van der Waals surface area contributed by atoms with E-state index in [1.165, 1.54) is 6.07 Å². The molecule has 6 heteroatoms. The number of rotatable bonds is 3. The van der Waals surface area contributed by atoms with E-state index < -0.39 is 23.6 Å². The Morgan fingerprint density at radius 1 is 1.24 bits per heavy atom. The molecule has 0 aliphatic carbocycles. The second kappa shape index (κ2) is 6.22. The molecule has 0 saturated carbocycles. The number of nitrogens with one attached hydrogen (secondary N) is 1. The number of carbonyl (C=O) groups is 1. The van der Waals surface area contributed by atoms with Crippen molar-refractivity contribution in [3.05, 3.63) is 63.6 Å². The predicted octanol–water partition coefficient (Wildman–Crippen LogP) is 3.80. The van der Waals surface area contributed by atoms with E-state index in [1.54, 1.807) is 25.1 Å². The number of hydrogen-bond acceptors (Lipinski definition) is 2. The van der Waals surface area contributed by atoms with Gasteiger partial charge in [0.2, 0.25) is 0 Å². The predicted molar refractivity (Wildman–Crippen MR) is 80.8 cm³/mol. The standard InChI is InChI=1S/C15H13BrF2N2O/c1-8(11-4-3-10(17)7-13(11)18)20-15(21)12-6-9(16)2-5-14(12)19/h2-8H,19H2,1H3,(H,20,21). The minimum Gasteiger partial charge on any atom is -0.398 e. The van der Waals surface area contributed by atoms with Crippen molar-refractivity contribution in [2.24, 2.45) is 0 Å². The summed E-state index contributed by atoms with van der Waals surface area (Å²) in [5.74, 6) is -1.79. The lowest BCUT2D eigenvalue weighted by atomic mass is 10.1. The van der Waals surface area contributed by atoms with E-state index in [-0.39, 0.29) is 5.56 Å². The van der Waals surface area contributed by atoms with Gasteiger partial charge in [0.05, 0.1) is 11.6 Å². The van der Waals surface area contributed by atoms with Crippen LogP contribution in [-0.4, -0.2) is 5.91 Å². The second-order valence-corrected chi connectivity index (χ2v) is 5.51. The molecule has 110 valence electrons. The van der Waals surface area contributed by atoms with Gasteiger partial charge in [0.1, 0.15) is 11.6 Å². The van der Waals surface area contributed by atoms with Crippen LogP contribution in [0.1, 0.15) is 28.9 Å². The first kappa shape index (κ1) is 15.4. The van der Waals surface area contributed by atoms with Crippen molar-refractivity contribution in [3.63, 3.8) is 0 Å². The molecular weight excluding hydrogens is 342 g/mol. The lowest BCUT2D eigenvalue weighted by molar-refractivity contribution is 0.0940. The molecule has 2 rings (SSSR count). The van der Waals surface area contributed by atoms with E-state index >= 15 is 0 Å². The van der Waals surface area contributed by atoms with E-state index in [9.17, 15) is 13.6 Å². The van der Waals surface area contributed by atoms with Crippen LogP contribution in [0.5, 0.6) is 0 Å². The lowest BCUT2D eigenvalue weighted by Gasteiger charge is -2.16. The number of halogens is 3.